The van der Waals surface area contributed by atoms with Gasteiger partial charge in [0.2, 0.25) is 11.8 Å². The topological polar surface area (TPSA) is 108 Å². The van der Waals surface area contributed by atoms with Gasteiger partial charge >= 0.3 is 5.97 Å². The van der Waals surface area contributed by atoms with Crippen molar-refractivity contribution in [2.24, 2.45) is 5.92 Å². The number of methoxy groups -OCH3 is 1. The number of halogens is 1. The Bertz CT molecular complexity index is 1170. The average Bonchev–Trinajstić information content (AvgIpc) is 2.79. The Morgan fingerprint density at radius 3 is 2.55 bits per heavy atom. The predicted octanol–water partition coefficient (Wildman–Crippen LogP) is 4.07. The van der Waals surface area contributed by atoms with Gasteiger partial charge in [0.15, 0.2) is 0 Å². The molecule has 2 N–H and O–H groups in total. The Hall–Kier alpha value is -3.28. The summed E-state index contributed by atoms with van der Waals surface area (Å²) in [5.41, 5.74) is 3.27. The third-order valence-electron chi connectivity index (χ3n) is 5.24. The summed E-state index contributed by atoms with van der Waals surface area (Å²) in [6, 6.07) is 14.5. The molecule has 0 saturated carbocycles. The summed E-state index contributed by atoms with van der Waals surface area (Å²) in [6.45, 7) is 3.76. The molecule has 0 aromatic heterocycles. The van der Waals surface area contributed by atoms with Gasteiger partial charge in [-0.05, 0) is 37.1 Å². The molecule has 7 nitrogen and oxygen atoms in total. The van der Waals surface area contributed by atoms with Crippen molar-refractivity contribution in [3.8, 4) is 6.07 Å². The molecule has 0 saturated heterocycles. The Balaban J connectivity index is 1.89. The van der Waals surface area contributed by atoms with Crippen molar-refractivity contribution in [2.45, 2.75) is 19.8 Å². The summed E-state index contributed by atoms with van der Waals surface area (Å²) < 4.78 is 4.84. The van der Waals surface area contributed by atoms with Crippen molar-refractivity contribution >= 4 is 46.8 Å². The molecule has 1 aliphatic rings. The number of rotatable bonds is 6. The molecule has 0 bridgehead atoms. The van der Waals surface area contributed by atoms with Gasteiger partial charge in [0, 0.05) is 16.6 Å². The van der Waals surface area contributed by atoms with E-state index in [1.54, 1.807) is 30.3 Å². The van der Waals surface area contributed by atoms with E-state index in [2.05, 4.69) is 16.7 Å². The van der Waals surface area contributed by atoms with E-state index < -0.39 is 23.7 Å². The van der Waals surface area contributed by atoms with Gasteiger partial charge in [-0.1, -0.05) is 59.3 Å². The number of benzene rings is 2. The Labute approximate surface area is 201 Å². The fourth-order valence-electron chi connectivity index (χ4n) is 3.51. The van der Waals surface area contributed by atoms with E-state index in [1.165, 1.54) is 7.11 Å². The zero-order valence-electron chi connectivity index (χ0n) is 18.3. The van der Waals surface area contributed by atoms with Crippen LogP contribution in [0.2, 0.25) is 5.02 Å². The lowest BCUT2D eigenvalue weighted by molar-refractivity contribution is -0.150. The van der Waals surface area contributed by atoms with E-state index in [1.807, 2.05) is 26.0 Å². The van der Waals surface area contributed by atoms with Gasteiger partial charge < -0.3 is 15.4 Å². The number of hydrogen-bond acceptors (Lipinski definition) is 6. The van der Waals surface area contributed by atoms with E-state index in [0.717, 1.165) is 22.9 Å². The highest BCUT2D eigenvalue weighted by Crippen LogP contribution is 2.40. The van der Waals surface area contributed by atoms with Gasteiger partial charge in [-0.2, -0.15) is 5.26 Å². The van der Waals surface area contributed by atoms with E-state index >= 15 is 0 Å². The molecule has 3 rings (SSSR count). The highest BCUT2D eigenvalue weighted by molar-refractivity contribution is 8.03. The van der Waals surface area contributed by atoms with Gasteiger partial charge in [-0.25, -0.2) is 0 Å². The third-order valence-corrected chi connectivity index (χ3v) is 6.49. The molecule has 0 radical (unpaired) electrons. The van der Waals surface area contributed by atoms with Crippen molar-refractivity contribution < 1.29 is 19.1 Å². The van der Waals surface area contributed by atoms with Crippen LogP contribution in [0.4, 0.5) is 5.69 Å². The molecule has 0 unspecified atom stereocenters. The fourth-order valence-corrected chi connectivity index (χ4v) is 4.53. The molecular weight excluding hydrogens is 462 g/mol. The number of esters is 1. The maximum absolute atomic E-state index is 12.9. The predicted molar refractivity (Wildman–Crippen MR) is 127 cm³/mol. The van der Waals surface area contributed by atoms with Crippen LogP contribution in [0, 0.1) is 31.1 Å². The number of aryl methyl sites for hydroxylation is 2. The fraction of sp³-hybridized carbons (Fsp3) is 0.250. The number of nitriles is 1. The van der Waals surface area contributed by atoms with Crippen LogP contribution >= 0.6 is 23.4 Å². The minimum absolute atomic E-state index is 0.0593. The number of allylic oxidation sites excluding steroid dienone is 1. The number of ether oxygens (including phenoxy) is 1. The van der Waals surface area contributed by atoms with Crippen LogP contribution in [-0.2, 0) is 19.1 Å². The first-order valence-electron chi connectivity index (χ1n) is 10.0. The number of thioether (sulfide) groups is 1. The molecule has 9 heteroatoms. The second-order valence-electron chi connectivity index (χ2n) is 7.53. The lowest BCUT2D eigenvalue weighted by Crippen LogP contribution is -2.44. The van der Waals surface area contributed by atoms with Crippen LogP contribution in [0.1, 0.15) is 22.6 Å². The lowest BCUT2D eigenvalue weighted by Gasteiger charge is -2.31. The highest BCUT2D eigenvalue weighted by atomic mass is 35.5. The highest BCUT2D eigenvalue weighted by Gasteiger charge is 2.44. The molecule has 1 aliphatic heterocycles. The van der Waals surface area contributed by atoms with Crippen LogP contribution < -0.4 is 10.6 Å². The first-order valence-corrected chi connectivity index (χ1v) is 11.4. The van der Waals surface area contributed by atoms with Gasteiger partial charge in [0.1, 0.15) is 5.92 Å². The quantitative estimate of drug-likeness (QED) is 0.473. The van der Waals surface area contributed by atoms with Gasteiger partial charge in [0.05, 0.1) is 29.5 Å². The average molecular weight is 484 g/mol. The standard InChI is InChI=1S/C24H22ClN3O4S/c1-13-4-7-15(8-5-13)20-17(11-26)23(28-22(30)21(20)24(31)32-3)33-12-19(29)27-18-10-16(25)9-6-14(18)2/h4-10,20-21H,12H2,1-3H3,(H,27,29)(H,28,30)/t20-,21-/m1/s1. The Morgan fingerprint density at radius 2 is 1.91 bits per heavy atom. The number of anilines is 1. The molecule has 2 aromatic rings. The Kier molecular flexibility index (Phi) is 7.79. The van der Waals surface area contributed by atoms with Crippen LogP contribution in [0.3, 0.4) is 0 Å². The van der Waals surface area contributed by atoms with Crippen LogP contribution in [0.5, 0.6) is 0 Å². The summed E-state index contributed by atoms with van der Waals surface area (Å²) >= 11 is 7.03. The molecule has 0 fully saturated rings. The normalized spacial score (nSPS) is 17.7. The summed E-state index contributed by atoms with van der Waals surface area (Å²) in [5, 5.41) is 16.1. The number of amides is 2. The maximum Gasteiger partial charge on any atom is 0.319 e. The van der Waals surface area contributed by atoms with E-state index in [-0.39, 0.29) is 22.3 Å². The third kappa shape index (κ3) is 5.56. The smallest absolute Gasteiger partial charge is 0.319 e. The molecule has 2 aromatic carbocycles. The van der Waals surface area contributed by atoms with E-state index in [4.69, 9.17) is 16.3 Å². The first kappa shape index (κ1) is 24.4. The molecule has 2 atom stereocenters. The minimum atomic E-state index is -1.21. The zero-order valence-corrected chi connectivity index (χ0v) is 19.8. The van der Waals surface area contributed by atoms with Crippen molar-refractivity contribution in [2.75, 3.05) is 18.2 Å². The molecule has 0 spiro atoms. The largest absolute Gasteiger partial charge is 0.468 e. The van der Waals surface area contributed by atoms with Gasteiger partial charge in [-0.3, -0.25) is 14.4 Å². The van der Waals surface area contributed by atoms with Crippen molar-refractivity contribution in [1.29, 1.82) is 5.26 Å². The minimum Gasteiger partial charge on any atom is -0.468 e. The molecule has 1 heterocycles. The van der Waals surface area contributed by atoms with E-state index in [0.29, 0.717) is 16.3 Å². The molecule has 170 valence electrons. The van der Waals surface area contributed by atoms with Crippen molar-refractivity contribution in [3.05, 3.63) is 74.8 Å². The molecular formula is C24H22ClN3O4S. The van der Waals surface area contributed by atoms with Gasteiger partial charge in [0.25, 0.3) is 0 Å². The maximum atomic E-state index is 12.9. The van der Waals surface area contributed by atoms with E-state index in [9.17, 15) is 19.6 Å². The summed E-state index contributed by atoms with van der Waals surface area (Å²) in [6.07, 6.45) is 0. The van der Waals surface area contributed by atoms with Gasteiger partial charge in [-0.15, -0.1) is 0 Å². The lowest BCUT2D eigenvalue weighted by atomic mass is 9.78. The monoisotopic (exact) mass is 483 g/mol. The van der Waals surface area contributed by atoms with Crippen LogP contribution in [0.15, 0.2) is 53.1 Å². The number of nitrogens with one attached hydrogen (secondary N) is 2. The molecule has 33 heavy (non-hydrogen) atoms. The number of hydrogen-bond donors (Lipinski definition) is 2. The number of nitrogens with zero attached hydrogens (tertiary/aromatic N) is 1. The Morgan fingerprint density at radius 1 is 1.21 bits per heavy atom. The zero-order chi connectivity index (χ0) is 24.1. The van der Waals surface area contributed by atoms with Crippen molar-refractivity contribution in [1.82, 2.24) is 5.32 Å². The SMILES string of the molecule is COC(=O)[C@H]1C(=O)NC(SCC(=O)Nc2cc(Cl)ccc2C)=C(C#N)[C@H]1c1ccc(C)cc1. The van der Waals surface area contributed by atoms with Crippen LogP contribution in [0.25, 0.3) is 0 Å². The summed E-state index contributed by atoms with van der Waals surface area (Å²) in [5.74, 6) is -3.73. The first-order chi connectivity index (χ1) is 15.7. The van der Waals surface area contributed by atoms with Crippen molar-refractivity contribution in [3.63, 3.8) is 0 Å². The molecule has 2 amide bonds. The second kappa shape index (κ2) is 10.6. The summed E-state index contributed by atoms with van der Waals surface area (Å²) in [7, 11) is 1.20. The van der Waals surface area contributed by atoms with Crippen LogP contribution in [-0.4, -0.2) is 30.6 Å². The number of carbonyl (C=O) groups excluding carboxylic acids is 3. The number of carbonyl (C=O) groups is 3. The second-order valence-corrected chi connectivity index (χ2v) is 8.95. The molecule has 0 aliphatic carbocycles. The summed E-state index contributed by atoms with van der Waals surface area (Å²) in [4.78, 5) is 37.8.